The van der Waals surface area contributed by atoms with Crippen molar-refractivity contribution in [1.29, 1.82) is 0 Å². The average Bonchev–Trinajstić information content (AvgIpc) is 3.66. The zero-order valence-electron chi connectivity index (χ0n) is 35.5. The van der Waals surface area contributed by atoms with E-state index < -0.39 is 41.6 Å². The fourth-order valence-corrected chi connectivity index (χ4v) is 7.42. The van der Waals surface area contributed by atoms with Crippen molar-refractivity contribution in [3.63, 3.8) is 0 Å². The minimum absolute atomic E-state index is 0.0563. The first-order chi connectivity index (χ1) is 29.1. The van der Waals surface area contributed by atoms with Gasteiger partial charge in [0.05, 0.1) is 25.7 Å². The van der Waals surface area contributed by atoms with Crippen LogP contribution in [-0.4, -0.2) is 136 Å². The largest absolute Gasteiger partial charge is 0.480 e. The van der Waals surface area contributed by atoms with Gasteiger partial charge in [-0.1, -0.05) is 69.7 Å². The summed E-state index contributed by atoms with van der Waals surface area (Å²) in [7, 11) is 0. The zero-order chi connectivity index (χ0) is 44.5. The van der Waals surface area contributed by atoms with Crippen LogP contribution in [0.3, 0.4) is 0 Å². The number of para-hydroxylation sites is 1. The highest BCUT2D eigenvalue weighted by molar-refractivity contribution is 5.93. The molecule has 1 aromatic heterocycles. The van der Waals surface area contributed by atoms with E-state index in [1.54, 1.807) is 9.80 Å². The van der Waals surface area contributed by atoms with Gasteiger partial charge in [0.1, 0.15) is 0 Å². The fraction of sp³-hybridized carbons (Fsp3) is 0.523. The lowest BCUT2D eigenvalue weighted by molar-refractivity contribution is -0.140. The number of carboxylic acids is 2. The molecule has 2 aromatic carbocycles. The molecule has 1 fully saturated rings. The molecule has 2 heterocycles. The highest BCUT2D eigenvalue weighted by Gasteiger charge is 2.32. The molecule has 0 bridgehead atoms. The highest BCUT2D eigenvalue weighted by atomic mass is 16.4. The molecule has 4 amide bonds. The second kappa shape index (κ2) is 24.0. The molecule has 332 valence electrons. The molecule has 17 nitrogen and oxygen atoms in total. The number of aromatic amines is 1. The van der Waals surface area contributed by atoms with E-state index in [2.05, 4.69) is 20.9 Å². The van der Waals surface area contributed by atoms with Crippen LogP contribution in [0.4, 0.5) is 0 Å². The Kier molecular flexibility index (Phi) is 18.9. The van der Waals surface area contributed by atoms with E-state index in [4.69, 9.17) is 5.73 Å². The lowest BCUT2D eigenvalue weighted by Crippen LogP contribution is -2.48. The molecule has 0 saturated carbocycles. The molecule has 4 atom stereocenters. The van der Waals surface area contributed by atoms with Crippen LogP contribution in [0.15, 0.2) is 54.7 Å². The molecule has 61 heavy (non-hydrogen) atoms. The molecule has 1 saturated heterocycles. The number of amides is 4. The van der Waals surface area contributed by atoms with Gasteiger partial charge in [0.2, 0.25) is 23.6 Å². The third-order valence-corrected chi connectivity index (χ3v) is 11.3. The van der Waals surface area contributed by atoms with E-state index in [1.165, 1.54) is 0 Å². The minimum atomic E-state index is -0.976. The number of nitrogens with one attached hydrogen (secondary N) is 4. The monoisotopic (exact) mass is 846 g/mol. The quantitative estimate of drug-likeness (QED) is 0.0722. The Hall–Kier alpha value is -5.65. The minimum Gasteiger partial charge on any atom is -0.480 e. The Labute approximate surface area is 356 Å². The maximum absolute atomic E-state index is 13.8. The zero-order valence-corrected chi connectivity index (χ0v) is 35.5. The van der Waals surface area contributed by atoms with E-state index in [-0.39, 0.29) is 75.5 Å². The number of nitrogens with zero attached hydrogens (tertiary/aromatic N) is 3. The highest BCUT2D eigenvalue weighted by Crippen LogP contribution is 2.22. The van der Waals surface area contributed by atoms with Crippen molar-refractivity contribution in [1.82, 2.24) is 35.6 Å². The standard InChI is InChI=1S/C44H62N8O9/c1-4-29(2)42(49-43(60)30(3)21-34-25-46-36-8-6-5-7-35(34)36)37(53)22-33(13-14-38(45)54)44(61)48-24-32-11-9-31(10-12-32)23-47-39(55)26-50-15-17-51(27-40(56)57)19-20-52(18-16-50)28-41(58)59/h5-12,25,29-30,33,42,46H,4,13-24,26-28H2,1-3H3,(H2,45,54)(H,47,55)(H,48,61)(H,49,60)(H,56,57)(H,58,59)/t29?,30-,33+,42-/m0/s1. The first-order valence-corrected chi connectivity index (χ1v) is 21.0. The van der Waals surface area contributed by atoms with Crippen molar-refractivity contribution >= 4 is 52.3 Å². The van der Waals surface area contributed by atoms with Crippen molar-refractivity contribution in [2.75, 3.05) is 58.9 Å². The van der Waals surface area contributed by atoms with Crippen LogP contribution in [0.2, 0.25) is 0 Å². The maximum atomic E-state index is 13.8. The molecule has 8 N–H and O–H groups in total. The smallest absolute Gasteiger partial charge is 0.317 e. The van der Waals surface area contributed by atoms with Gasteiger partial charge in [0.25, 0.3) is 0 Å². The summed E-state index contributed by atoms with van der Waals surface area (Å²) in [5, 5.41) is 28.4. The summed E-state index contributed by atoms with van der Waals surface area (Å²) in [5.74, 6) is -5.21. The topological polar surface area (TPSA) is 248 Å². The number of carbonyl (C=O) groups is 7. The van der Waals surface area contributed by atoms with Crippen molar-refractivity contribution < 1.29 is 43.8 Å². The number of carboxylic acid groups (broad SMARTS) is 2. The number of hydrogen-bond acceptors (Lipinski definition) is 10. The number of nitrogens with two attached hydrogens (primary N) is 1. The van der Waals surface area contributed by atoms with Crippen molar-refractivity contribution in [2.45, 2.75) is 72.0 Å². The van der Waals surface area contributed by atoms with Crippen LogP contribution in [0.1, 0.15) is 63.1 Å². The second-order valence-electron chi connectivity index (χ2n) is 16.1. The van der Waals surface area contributed by atoms with Crippen molar-refractivity contribution in [3.8, 4) is 0 Å². The van der Waals surface area contributed by atoms with E-state index in [1.807, 2.05) is 80.4 Å². The van der Waals surface area contributed by atoms with Gasteiger partial charge in [-0.2, -0.15) is 0 Å². The van der Waals surface area contributed by atoms with E-state index in [9.17, 15) is 43.8 Å². The number of rotatable bonds is 23. The van der Waals surface area contributed by atoms with Gasteiger partial charge in [-0.05, 0) is 41.5 Å². The molecule has 1 aliphatic heterocycles. The molecule has 0 aliphatic carbocycles. The van der Waals surface area contributed by atoms with E-state index in [0.717, 1.165) is 27.6 Å². The van der Waals surface area contributed by atoms with Crippen LogP contribution >= 0.6 is 0 Å². The van der Waals surface area contributed by atoms with Gasteiger partial charge in [0.15, 0.2) is 5.78 Å². The Morgan fingerprint density at radius 2 is 1.30 bits per heavy atom. The number of Topliss-reactive ketones (excluding diaryl/α,β-unsaturated/α-hetero) is 1. The maximum Gasteiger partial charge on any atom is 0.317 e. The Bertz CT molecular complexity index is 1940. The number of aromatic nitrogens is 1. The van der Waals surface area contributed by atoms with Gasteiger partial charge in [-0.15, -0.1) is 0 Å². The third kappa shape index (κ3) is 16.0. The Balaban J connectivity index is 1.29. The third-order valence-electron chi connectivity index (χ3n) is 11.3. The van der Waals surface area contributed by atoms with Crippen molar-refractivity contribution in [2.24, 2.45) is 23.5 Å². The predicted molar refractivity (Wildman–Crippen MR) is 229 cm³/mol. The molecule has 4 rings (SSSR count). The predicted octanol–water partition coefficient (Wildman–Crippen LogP) is 1.74. The summed E-state index contributed by atoms with van der Waals surface area (Å²) in [6.45, 7) is 8.27. The SMILES string of the molecule is CCC(C)[C@H](NC(=O)[C@@H](C)Cc1c[nH]c2ccccc12)C(=O)C[C@@H](CCC(N)=O)C(=O)NCc1ccc(CNC(=O)CN2CCN(CC(=O)O)CCN(CC(=O)O)CC2)cc1. The molecule has 1 unspecified atom stereocenters. The molecule has 17 heteroatoms. The van der Waals surface area contributed by atoms with E-state index in [0.29, 0.717) is 52.1 Å². The first-order valence-electron chi connectivity index (χ1n) is 21.0. The number of benzene rings is 2. The summed E-state index contributed by atoms with van der Waals surface area (Å²) in [4.78, 5) is 96.8. The molecule has 3 aromatic rings. The number of H-pyrrole nitrogens is 1. The number of aliphatic carboxylic acids is 2. The second-order valence-corrected chi connectivity index (χ2v) is 16.1. The van der Waals surface area contributed by atoms with E-state index >= 15 is 0 Å². The van der Waals surface area contributed by atoms with Crippen LogP contribution in [0.25, 0.3) is 10.9 Å². The fourth-order valence-electron chi connectivity index (χ4n) is 7.42. The molecular formula is C44H62N8O9. The number of carbonyl (C=O) groups excluding carboxylic acids is 5. The summed E-state index contributed by atoms with van der Waals surface area (Å²) in [6.07, 6.45) is 2.80. The lowest BCUT2D eigenvalue weighted by atomic mass is 9.87. The molecular weight excluding hydrogens is 785 g/mol. The van der Waals surface area contributed by atoms with Gasteiger partial charge in [-0.3, -0.25) is 48.3 Å². The average molecular weight is 847 g/mol. The molecule has 0 radical (unpaired) electrons. The number of ketones is 1. The number of primary amides is 1. The van der Waals surface area contributed by atoms with Gasteiger partial charge < -0.3 is 36.9 Å². The normalized spacial score (nSPS) is 16.2. The van der Waals surface area contributed by atoms with Crippen molar-refractivity contribution in [3.05, 3.63) is 71.4 Å². The molecule has 0 spiro atoms. The summed E-state index contributed by atoms with van der Waals surface area (Å²) >= 11 is 0. The van der Waals surface area contributed by atoms with Gasteiger partial charge >= 0.3 is 11.9 Å². The Morgan fingerprint density at radius 3 is 1.84 bits per heavy atom. The number of hydrogen-bond donors (Lipinski definition) is 7. The van der Waals surface area contributed by atoms with Crippen LogP contribution in [0, 0.1) is 17.8 Å². The molecule has 1 aliphatic rings. The summed E-state index contributed by atoms with van der Waals surface area (Å²) < 4.78 is 0. The number of fused-ring (bicyclic) bond motifs is 1. The van der Waals surface area contributed by atoms with Crippen LogP contribution in [-0.2, 0) is 53.1 Å². The first kappa shape index (κ1) is 48.0. The van der Waals surface area contributed by atoms with Crippen LogP contribution < -0.4 is 21.7 Å². The lowest BCUT2D eigenvalue weighted by Gasteiger charge is -2.26. The van der Waals surface area contributed by atoms with Crippen LogP contribution in [0.5, 0.6) is 0 Å². The van der Waals surface area contributed by atoms with Gasteiger partial charge in [-0.25, -0.2) is 0 Å². The summed E-state index contributed by atoms with van der Waals surface area (Å²) in [5.41, 5.74) is 9.00. The Morgan fingerprint density at radius 1 is 0.754 bits per heavy atom. The van der Waals surface area contributed by atoms with Gasteiger partial charge in [0, 0.05) is 94.1 Å². The summed E-state index contributed by atoms with van der Waals surface area (Å²) in [6, 6.07) is 14.3.